The van der Waals surface area contributed by atoms with Gasteiger partial charge < -0.3 is 14.4 Å². The number of aromatic nitrogens is 3. The van der Waals surface area contributed by atoms with Crippen LogP contribution in [0.25, 0.3) is 0 Å². The lowest BCUT2D eigenvalue weighted by Crippen LogP contribution is -2.34. The molecule has 23 heavy (non-hydrogen) atoms. The Morgan fingerprint density at radius 1 is 1.39 bits per heavy atom. The molecule has 1 N–H and O–H groups in total. The third-order valence-corrected chi connectivity index (χ3v) is 4.77. The fourth-order valence-corrected chi connectivity index (χ4v) is 3.30. The van der Waals surface area contributed by atoms with Gasteiger partial charge in [-0.2, -0.15) is 0 Å². The Bertz CT molecular complexity index is 685. The highest BCUT2D eigenvalue weighted by Crippen LogP contribution is 2.25. The molecule has 2 aromatic heterocycles. The van der Waals surface area contributed by atoms with E-state index >= 15 is 0 Å². The van der Waals surface area contributed by atoms with E-state index in [4.69, 9.17) is 4.52 Å². The zero-order valence-corrected chi connectivity index (χ0v) is 13.8. The van der Waals surface area contributed by atoms with Crippen molar-refractivity contribution in [3.05, 3.63) is 39.8 Å². The van der Waals surface area contributed by atoms with Crippen molar-refractivity contribution in [3.63, 3.8) is 0 Å². The number of nitrogens with zero attached hydrogens (tertiary/aromatic N) is 3. The highest BCUT2D eigenvalue weighted by atomic mass is 16.5. The second-order valence-electron chi connectivity index (χ2n) is 6.26. The van der Waals surface area contributed by atoms with E-state index in [1.807, 2.05) is 19.9 Å². The lowest BCUT2D eigenvalue weighted by molar-refractivity contribution is 0.371. The number of aromatic amines is 1. The maximum atomic E-state index is 12.2. The first-order chi connectivity index (χ1) is 11.2. The molecule has 0 aliphatic carbocycles. The number of nitrogens with one attached hydrogen (secondary N) is 1. The first-order valence-corrected chi connectivity index (χ1v) is 8.41. The normalized spacial score (nSPS) is 16.0. The molecule has 124 valence electrons. The fourth-order valence-electron chi connectivity index (χ4n) is 3.30. The van der Waals surface area contributed by atoms with Gasteiger partial charge in [0.25, 0.3) is 5.56 Å². The van der Waals surface area contributed by atoms with Crippen molar-refractivity contribution in [2.75, 3.05) is 18.0 Å². The second kappa shape index (κ2) is 6.98. The number of aryl methyl sites for hydroxylation is 2. The highest BCUT2D eigenvalue weighted by molar-refractivity contribution is 5.35. The maximum Gasteiger partial charge on any atom is 0.254 e. The number of piperidine rings is 1. The lowest BCUT2D eigenvalue weighted by atomic mass is 9.90. The number of rotatable bonds is 5. The van der Waals surface area contributed by atoms with Crippen molar-refractivity contribution in [3.8, 4) is 0 Å². The van der Waals surface area contributed by atoms with E-state index in [0.29, 0.717) is 5.92 Å². The summed E-state index contributed by atoms with van der Waals surface area (Å²) in [6.07, 6.45) is 6.49. The molecular formula is C17H24N4O2. The predicted octanol–water partition coefficient (Wildman–Crippen LogP) is 2.48. The van der Waals surface area contributed by atoms with Crippen molar-refractivity contribution in [2.24, 2.45) is 5.92 Å². The Kier molecular flexibility index (Phi) is 4.79. The van der Waals surface area contributed by atoms with E-state index in [0.717, 1.165) is 68.1 Å². The van der Waals surface area contributed by atoms with Gasteiger partial charge in [0.2, 0.25) is 0 Å². The molecule has 0 saturated carbocycles. The Balaban J connectivity index is 1.55. The first kappa shape index (κ1) is 15.8. The van der Waals surface area contributed by atoms with Crippen LogP contribution in [-0.2, 0) is 12.8 Å². The topological polar surface area (TPSA) is 75.0 Å². The van der Waals surface area contributed by atoms with E-state index in [1.54, 1.807) is 6.26 Å². The van der Waals surface area contributed by atoms with E-state index in [-0.39, 0.29) is 5.56 Å². The molecular weight excluding hydrogens is 292 g/mol. The molecule has 2 aromatic rings. The van der Waals surface area contributed by atoms with Gasteiger partial charge in [0.05, 0.1) is 0 Å². The zero-order valence-electron chi connectivity index (χ0n) is 13.8. The standard InChI is InChI=1S/C17H24N4O2/c1-3-15-18-12(2)14(17(22)19-15)5-4-13-6-9-21(10-7-13)16-8-11-23-20-16/h8,11,13H,3-7,9-10H2,1-2H3,(H,18,19,22). The molecule has 0 spiro atoms. The van der Waals surface area contributed by atoms with E-state index in [2.05, 4.69) is 20.0 Å². The number of anilines is 1. The van der Waals surface area contributed by atoms with Gasteiger partial charge in [-0.05, 0) is 38.5 Å². The molecule has 3 rings (SSSR count). The number of H-pyrrole nitrogens is 1. The van der Waals surface area contributed by atoms with Gasteiger partial charge in [-0.25, -0.2) is 4.98 Å². The second-order valence-corrected chi connectivity index (χ2v) is 6.26. The van der Waals surface area contributed by atoms with Crippen molar-refractivity contribution in [1.29, 1.82) is 0 Å². The molecule has 1 saturated heterocycles. The van der Waals surface area contributed by atoms with Crippen LogP contribution in [0, 0.1) is 12.8 Å². The zero-order chi connectivity index (χ0) is 16.2. The molecule has 6 nitrogen and oxygen atoms in total. The average Bonchev–Trinajstić information content (AvgIpc) is 3.09. The van der Waals surface area contributed by atoms with Crippen LogP contribution in [0.5, 0.6) is 0 Å². The quantitative estimate of drug-likeness (QED) is 0.917. The van der Waals surface area contributed by atoms with E-state index in [1.165, 1.54) is 0 Å². The third-order valence-electron chi connectivity index (χ3n) is 4.77. The molecule has 6 heteroatoms. The summed E-state index contributed by atoms with van der Waals surface area (Å²) in [5.74, 6) is 2.36. The van der Waals surface area contributed by atoms with Crippen LogP contribution in [-0.4, -0.2) is 28.2 Å². The first-order valence-electron chi connectivity index (χ1n) is 8.41. The van der Waals surface area contributed by atoms with Gasteiger partial charge in [0.1, 0.15) is 12.1 Å². The van der Waals surface area contributed by atoms with Gasteiger partial charge in [-0.15, -0.1) is 0 Å². The molecule has 0 bridgehead atoms. The van der Waals surface area contributed by atoms with Gasteiger partial charge in [-0.3, -0.25) is 4.79 Å². The molecule has 1 aliphatic heterocycles. The summed E-state index contributed by atoms with van der Waals surface area (Å²) in [7, 11) is 0. The summed E-state index contributed by atoms with van der Waals surface area (Å²) in [6, 6.07) is 1.91. The summed E-state index contributed by atoms with van der Waals surface area (Å²) in [4.78, 5) is 21.8. The Morgan fingerprint density at radius 3 is 2.78 bits per heavy atom. The fraction of sp³-hybridized carbons (Fsp3) is 0.588. The monoisotopic (exact) mass is 316 g/mol. The molecule has 0 atom stereocenters. The van der Waals surface area contributed by atoms with Gasteiger partial charge in [-0.1, -0.05) is 12.1 Å². The van der Waals surface area contributed by atoms with Crippen LogP contribution in [0.1, 0.15) is 43.3 Å². The molecule has 1 fully saturated rings. The summed E-state index contributed by atoms with van der Waals surface area (Å²) >= 11 is 0. The summed E-state index contributed by atoms with van der Waals surface area (Å²) in [6.45, 7) is 5.94. The smallest absolute Gasteiger partial charge is 0.254 e. The molecule has 3 heterocycles. The minimum atomic E-state index is 0.0365. The Hall–Kier alpha value is -2.11. The van der Waals surface area contributed by atoms with Crippen LogP contribution in [0.2, 0.25) is 0 Å². The Morgan fingerprint density at radius 2 is 2.17 bits per heavy atom. The van der Waals surface area contributed by atoms with Gasteiger partial charge in [0.15, 0.2) is 5.82 Å². The van der Waals surface area contributed by atoms with Crippen LogP contribution >= 0.6 is 0 Å². The van der Waals surface area contributed by atoms with Crippen molar-refractivity contribution < 1.29 is 4.52 Å². The van der Waals surface area contributed by atoms with E-state index in [9.17, 15) is 4.79 Å². The van der Waals surface area contributed by atoms with Crippen LogP contribution in [0.15, 0.2) is 21.6 Å². The number of hydrogen-bond acceptors (Lipinski definition) is 5. The summed E-state index contributed by atoms with van der Waals surface area (Å²) < 4.78 is 4.91. The van der Waals surface area contributed by atoms with Gasteiger partial charge in [0, 0.05) is 36.8 Å². The minimum absolute atomic E-state index is 0.0365. The molecule has 0 aromatic carbocycles. The van der Waals surface area contributed by atoms with Crippen LogP contribution in [0.3, 0.4) is 0 Å². The van der Waals surface area contributed by atoms with Crippen molar-refractivity contribution in [2.45, 2.75) is 46.0 Å². The average molecular weight is 316 g/mol. The maximum absolute atomic E-state index is 12.2. The third kappa shape index (κ3) is 3.63. The van der Waals surface area contributed by atoms with Crippen molar-refractivity contribution >= 4 is 5.82 Å². The molecule has 0 amide bonds. The summed E-state index contributed by atoms with van der Waals surface area (Å²) in [5.41, 5.74) is 1.76. The van der Waals surface area contributed by atoms with Crippen molar-refractivity contribution in [1.82, 2.24) is 15.1 Å². The van der Waals surface area contributed by atoms with Crippen LogP contribution in [0.4, 0.5) is 5.82 Å². The predicted molar refractivity (Wildman–Crippen MR) is 88.7 cm³/mol. The van der Waals surface area contributed by atoms with Gasteiger partial charge >= 0.3 is 0 Å². The SMILES string of the molecule is CCc1nc(C)c(CCC2CCN(c3ccon3)CC2)c(=O)[nH]1. The minimum Gasteiger partial charge on any atom is -0.363 e. The van der Waals surface area contributed by atoms with Crippen LogP contribution < -0.4 is 10.5 Å². The highest BCUT2D eigenvalue weighted by Gasteiger charge is 2.21. The molecule has 1 aliphatic rings. The lowest BCUT2D eigenvalue weighted by Gasteiger charge is -2.31. The Labute approximate surface area is 135 Å². The number of hydrogen-bond donors (Lipinski definition) is 1. The molecule has 0 unspecified atom stereocenters. The molecule has 0 radical (unpaired) electrons. The van der Waals surface area contributed by atoms with E-state index < -0.39 is 0 Å². The largest absolute Gasteiger partial charge is 0.363 e. The summed E-state index contributed by atoms with van der Waals surface area (Å²) in [5, 5.41) is 4.00.